The van der Waals surface area contributed by atoms with Crippen molar-refractivity contribution in [1.29, 1.82) is 0 Å². The van der Waals surface area contributed by atoms with Gasteiger partial charge in [0.1, 0.15) is 0 Å². The zero-order valence-corrected chi connectivity index (χ0v) is 15.7. The van der Waals surface area contributed by atoms with E-state index in [9.17, 15) is 14.4 Å². The molecule has 0 spiro atoms. The van der Waals surface area contributed by atoms with Gasteiger partial charge in [-0.05, 0) is 44.7 Å². The minimum absolute atomic E-state index is 0.0467. The third-order valence-corrected chi connectivity index (χ3v) is 5.43. The smallest absolute Gasteiger partial charge is 0.321 e. The zero-order valence-electron chi connectivity index (χ0n) is 15.7. The standard InChI is InChI=1S/C18H32N4O3/c1-13-6-4-5-7-15(13)19-18(25)20-16(23)12-22-10-8-14(9-11-22)17(24)21(2)3/h13-15H,4-12H2,1-3H3,(H2,19,20,23,25). The van der Waals surface area contributed by atoms with Gasteiger partial charge in [-0.25, -0.2) is 4.79 Å². The first-order valence-electron chi connectivity index (χ1n) is 9.40. The van der Waals surface area contributed by atoms with E-state index in [1.165, 1.54) is 6.42 Å². The van der Waals surface area contributed by atoms with Gasteiger partial charge in [-0.15, -0.1) is 0 Å². The first-order chi connectivity index (χ1) is 11.9. The second-order valence-electron chi connectivity index (χ2n) is 7.67. The van der Waals surface area contributed by atoms with E-state index in [4.69, 9.17) is 0 Å². The molecule has 2 rings (SSSR count). The Kier molecular flexibility index (Phi) is 7.23. The van der Waals surface area contributed by atoms with E-state index in [1.54, 1.807) is 19.0 Å². The molecule has 1 aliphatic heterocycles. The van der Waals surface area contributed by atoms with Gasteiger partial charge in [-0.1, -0.05) is 19.8 Å². The zero-order chi connectivity index (χ0) is 18.4. The Labute approximate surface area is 150 Å². The number of rotatable bonds is 4. The monoisotopic (exact) mass is 352 g/mol. The number of nitrogens with zero attached hydrogens (tertiary/aromatic N) is 2. The molecule has 2 atom stereocenters. The van der Waals surface area contributed by atoms with Crippen molar-refractivity contribution in [2.24, 2.45) is 11.8 Å². The second-order valence-corrected chi connectivity index (χ2v) is 7.67. The van der Waals surface area contributed by atoms with E-state index in [2.05, 4.69) is 17.6 Å². The Morgan fingerprint density at radius 2 is 1.68 bits per heavy atom. The first-order valence-corrected chi connectivity index (χ1v) is 9.40. The number of hydrogen-bond donors (Lipinski definition) is 2. The van der Waals surface area contributed by atoms with Gasteiger partial charge in [0.2, 0.25) is 11.8 Å². The molecule has 1 saturated heterocycles. The van der Waals surface area contributed by atoms with Gasteiger partial charge in [0.25, 0.3) is 0 Å². The molecule has 142 valence electrons. The van der Waals surface area contributed by atoms with E-state index < -0.39 is 0 Å². The Balaban J connectivity index is 1.68. The molecule has 7 nitrogen and oxygen atoms in total. The largest absolute Gasteiger partial charge is 0.349 e. The van der Waals surface area contributed by atoms with Gasteiger partial charge in [0.15, 0.2) is 0 Å². The lowest BCUT2D eigenvalue weighted by molar-refractivity contribution is -0.134. The molecule has 2 unspecified atom stereocenters. The lowest BCUT2D eigenvalue weighted by Crippen LogP contribution is -2.50. The number of urea groups is 1. The van der Waals surface area contributed by atoms with Crippen molar-refractivity contribution in [3.8, 4) is 0 Å². The molecular formula is C18H32N4O3. The van der Waals surface area contributed by atoms with E-state index in [0.717, 1.165) is 32.1 Å². The summed E-state index contributed by atoms with van der Waals surface area (Å²) in [5.74, 6) is 0.386. The summed E-state index contributed by atoms with van der Waals surface area (Å²) < 4.78 is 0. The van der Waals surface area contributed by atoms with Crippen LogP contribution in [0.1, 0.15) is 45.4 Å². The van der Waals surface area contributed by atoms with Crippen LogP contribution in [0.4, 0.5) is 4.79 Å². The van der Waals surface area contributed by atoms with Crippen LogP contribution >= 0.6 is 0 Å². The van der Waals surface area contributed by atoms with Crippen molar-refractivity contribution in [2.45, 2.75) is 51.5 Å². The third-order valence-electron chi connectivity index (χ3n) is 5.43. The summed E-state index contributed by atoms with van der Waals surface area (Å²) in [5, 5.41) is 5.37. The molecule has 4 amide bonds. The molecular weight excluding hydrogens is 320 g/mol. The Morgan fingerprint density at radius 3 is 2.28 bits per heavy atom. The van der Waals surface area contributed by atoms with E-state index in [-0.39, 0.29) is 36.3 Å². The lowest BCUT2D eigenvalue weighted by Gasteiger charge is -2.32. The number of likely N-dealkylation sites (tertiary alicyclic amines) is 1. The summed E-state index contributed by atoms with van der Waals surface area (Å²) in [6.45, 7) is 3.76. The van der Waals surface area contributed by atoms with Crippen molar-refractivity contribution >= 4 is 17.8 Å². The topological polar surface area (TPSA) is 81.8 Å². The summed E-state index contributed by atoms with van der Waals surface area (Å²) in [5.41, 5.74) is 0. The average Bonchev–Trinajstić information content (AvgIpc) is 2.56. The molecule has 0 aromatic heterocycles. The fourth-order valence-corrected chi connectivity index (χ4v) is 3.81. The fraction of sp³-hybridized carbons (Fsp3) is 0.833. The Bertz CT molecular complexity index is 487. The van der Waals surface area contributed by atoms with Gasteiger partial charge in [0.05, 0.1) is 6.54 Å². The molecule has 1 aliphatic carbocycles. The normalized spacial score (nSPS) is 25.2. The van der Waals surface area contributed by atoms with Crippen LogP contribution in [-0.2, 0) is 9.59 Å². The van der Waals surface area contributed by atoms with Crippen LogP contribution in [0.5, 0.6) is 0 Å². The Morgan fingerprint density at radius 1 is 1.04 bits per heavy atom. The minimum atomic E-state index is -0.388. The van der Waals surface area contributed by atoms with Gasteiger partial charge < -0.3 is 10.2 Å². The van der Waals surface area contributed by atoms with Crippen LogP contribution in [0.3, 0.4) is 0 Å². The molecule has 1 saturated carbocycles. The quantitative estimate of drug-likeness (QED) is 0.796. The maximum atomic E-state index is 12.1. The SMILES string of the molecule is CC1CCCCC1NC(=O)NC(=O)CN1CCC(C(=O)N(C)C)CC1. The van der Waals surface area contributed by atoms with Gasteiger partial charge in [0, 0.05) is 26.1 Å². The summed E-state index contributed by atoms with van der Waals surface area (Å²) >= 11 is 0. The third kappa shape index (κ3) is 5.99. The van der Waals surface area contributed by atoms with Gasteiger partial charge >= 0.3 is 6.03 Å². The number of amides is 4. The number of piperidine rings is 1. The molecule has 25 heavy (non-hydrogen) atoms. The molecule has 7 heteroatoms. The average molecular weight is 352 g/mol. The number of nitrogens with one attached hydrogen (secondary N) is 2. The van der Waals surface area contributed by atoms with Crippen molar-refractivity contribution < 1.29 is 14.4 Å². The van der Waals surface area contributed by atoms with Crippen molar-refractivity contribution in [3.63, 3.8) is 0 Å². The minimum Gasteiger partial charge on any atom is -0.349 e. The molecule has 1 heterocycles. The molecule has 0 bridgehead atoms. The van der Waals surface area contributed by atoms with Crippen LogP contribution in [0.15, 0.2) is 0 Å². The maximum Gasteiger partial charge on any atom is 0.321 e. The number of carbonyl (C=O) groups is 3. The van der Waals surface area contributed by atoms with Crippen LogP contribution in [-0.4, -0.2) is 67.4 Å². The fourth-order valence-electron chi connectivity index (χ4n) is 3.81. The number of carbonyl (C=O) groups excluding carboxylic acids is 3. The van der Waals surface area contributed by atoms with Crippen molar-refractivity contribution in [3.05, 3.63) is 0 Å². The highest BCUT2D eigenvalue weighted by Gasteiger charge is 2.27. The molecule has 2 fully saturated rings. The highest BCUT2D eigenvalue weighted by molar-refractivity contribution is 5.95. The highest BCUT2D eigenvalue weighted by Crippen LogP contribution is 2.23. The highest BCUT2D eigenvalue weighted by atomic mass is 16.2. The number of hydrogen-bond acceptors (Lipinski definition) is 4. The van der Waals surface area contributed by atoms with E-state index >= 15 is 0 Å². The molecule has 0 aromatic rings. The number of imide groups is 1. The van der Waals surface area contributed by atoms with Crippen LogP contribution < -0.4 is 10.6 Å². The van der Waals surface area contributed by atoms with Crippen LogP contribution in [0.25, 0.3) is 0 Å². The maximum absolute atomic E-state index is 12.1. The lowest BCUT2D eigenvalue weighted by atomic mass is 9.86. The van der Waals surface area contributed by atoms with E-state index in [0.29, 0.717) is 19.0 Å². The predicted molar refractivity (Wildman–Crippen MR) is 96.0 cm³/mol. The molecule has 2 N–H and O–H groups in total. The predicted octanol–water partition coefficient (Wildman–Crippen LogP) is 1.19. The molecule has 0 aromatic carbocycles. The van der Waals surface area contributed by atoms with Crippen molar-refractivity contribution in [2.75, 3.05) is 33.7 Å². The summed E-state index contributed by atoms with van der Waals surface area (Å²) in [7, 11) is 3.54. The molecule has 2 aliphatic rings. The van der Waals surface area contributed by atoms with Crippen LogP contribution in [0, 0.1) is 11.8 Å². The van der Waals surface area contributed by atoms with Gasteiger partial charge in [-0.2, -0.15) is 0 Å². The molecule has 0 radical (unpaired) electrons. The second kappa shape index (κ2) is 9.17. The van der Waals surface area contributed by atoms with Crippen LogP contribution in [0.2, 0.25) is 0 Å². The Hall–Kier alpha value is -1.63. The first kappa shape index (κ1) is 19.7. The van der Waals surface area contributed by atoms with Gasteiger partial charge in [-0.3, -0.25) is 19.8 Å². The summed E-state index contributed by atoms with van der Waals surface area (Å²) in [6, 6.07) is -0.226. The van der Waals surface area contributed by atoms with Crippen molar-refractivity contribution in [1.82, 2.24) is 20.4 Å². The summed E-state index contributed by atoms with van der Waals surface area (Å²) in [6.07, 6.45) is 5.97. The van der Waals surface area contributed by atoms with E-state index in [1.807, 2.05) is 4.90 Å². The summed E-state index contributed by atoms with van der Waals surface area (Å²) in [4.78, 5) is 39.7.